The summed E-state index contributed by atoms with van der Waals surface area (Å²) in [5, 5.41) is 3.01. The molecule has 1 rings (SSSR count). The molecule has 0 spiro atoms. The lowest BCUT2D eigenvalue weighted by Gasteiger charge is -2.10. The zero-order valence-corrected chi connectivity index (χ0v) is 9.42. The highest BCUT2D eigenvalue weighted by Crippen LogP contribution is 2.20. The van der Waals surface area contributed by atoms with E-state index in [2.05, 4.69) is 11.9 Å². The van der Waals surface area contributed by atoms with E-state index in [4.69, 9.17) is 10.5 Å². The average molecular weight is 224 g/mol. The van der Waals surface area contributed by atoms with Gasteiger partial charge in [0.15, 0.2) is 0 Å². The molecule has 0 aliphatic rings. The van der Waals surface area contributed by atoms with Crippen molar-refractivity contribution in [3.05, 3.63) is 36.2 Å². The Morgan fingerprint density at radius 3 is 3.00 bits per heavy atom. The first-order valence-electron chi connectivity index (χ1n) is 5.11. The van der Waals surface area contributed by atoms with Crippen LogP contribution in [0.25, 0.3) is 0 Å². The molecular formula is C12H17FN2O. The van der Waals surface area contributed by atoms with Crippen LogP contribution in [0, 0.1) is 5.82 Å². The molecule has 0 heterocycles. The lowest BCUT2D eigenvalue weighted by molar-refractivity contribution is 0.167. The molecule has 0 unspecified atom stereocenters. The third-order valence-electron chi connectivity index (χ3n) is 1.96. The zero-order chi connectivity index (χ0) is 12.0. The van der Waals surface area contributed by atoms with Crippen LogP contribution in [0.15, 0.2) is 30.4 Å². The van der Waals surface area contributed by atoms with Crippen molar-refractivity contribution in [1.29, 1.82) is 0 Å². The fourth-order valence-electron chi connectivity index (χ4n) is 1.20. The number of hydrogen-bond acceptors (Lipinski definition) is 3. The fraction of sp³-hybridized carbons (Fsp3) is 0.333. The molecule has 0 amide bonds. The minimum Gasteiger partial charge on any atom is -0.395 e. The summed E-state index contributed by atoms with van der Waals surface area (Å²) < 4.78 is 18.3. The van der Waals surface area contributed by atoms with Gasteiger partial charge in [0.05, 0.1) is 24.6 Å². The highest BCUT2D eigenvalue weighted by molar-refractivity contribution is 5.66. The molecule has 0 aliphatic heterocycles. The fourth-order valence-corrected chi connectivity index (χ4v) is 1.20. The van der Waals surface area contributed by atoms with E-state index in [0.29, 0.717) is 25.4 Å². The Morgan fingerprint density at radius 2 is 2.31 bits per heavy atom. The van der Waals surface area contributed by atoms with E-state index in [9.17, 15) is 4.39 Å². The van der Waals surface area contributed by atoms with Crippen LogP contribution < -0.4 is 11.1 Å². The van der Waals surface area contributed by atoms with Crippen molar-refractivity contribution in [1.82, 2.24) is 0 Å². The van der Waals surface area contributed by atoms with E-state index in [1.807, 2.05) is 6.92 Å². The van der Waals surface area contributed by atoms with Crippen molar-refractivity contribution in [3.63, 3.8) is 0 Å². The first-order valence-corrected chi connectivity index (χ1v) is 5.11. The molecule has 16 heavy (non-hydrogen) atoms. The van der Waals surface area contributed by atoms with Crippen molar-refractivity contribution in [3.8, 4) is 0 Å². The molecule has 1 aromatic carbocycles. The topological polar surface area (TPSA) is 47.3 Å². The molecule has 88 valence electrons. The number of rotatable bonds is 6. The third-order valence-corrected chi connectivity index (χ3v) is 1.96. The lowest BCUT2D eigenvalue weighted by atomic mass is 10.2. The zero-order valence-electron chi connectivity index (χ0n) is 9.42. The SMILES string of the molecule is C=C(C)COCCNc1cccc(F)c1N. The van der Waals surface area contributed by atoms with E-state index >= 15 is 0 Å². The van der Waals surface area contributed by atoms with Crippen molar-refractivity contribution in [2.24, 2.45) is 0 Å². The van der Waals surface area contributed by atoms with Gasteiger partial charge in [-0.3, -0.25) is 0 Å². The molecular weight excluding hydrogens is 207 g/mol. The van der Waals surface area contributed by atoms with Gasteiger partial charge in [-0.1, -0.05) is 18.2 Å². The Labute approximate surface area is 95.1 Å². The van der Waals surface area contributed by atoms with Gasteiger partial charge in [-0.25, -0.2) is 4.39 Å². The predicted octanol–water partition coefficient (Wildman–Crippen LogP) is 2.41. The second-order valence-corrected chi connectivity index (χ2v) is 3.64. The van der Waals surface area contributed by atoms with E-state index in [-0.39, 0.29) is 5.69 Å². The Bertz CT molecular complexity index is 366. The molecule has 0 fully saturated rings. The average Bonchev–Trinajstić information content (AvgIpc) is 2.23. The molecule has 0 atom stereocenters. The van der Waals surface area contributed by atoms with Gasteiger partial charge in [0.25, 0.3) is 0 Å². The predicted molar refractivity (Wildman–Crippen MR) is 64.9 cm³/mol. The maximum Gasteiger partial charge on any atom is 0.148 e. The van der Waals surface area contributed by atoms with Gasteiger partial charge in [-0.15, -0.1) is 0 Å². The van der Waals surface area contributed by atoms with Crippen LogP contribution in [-0.2, 0) is 4.74 Å². The number of benzene rings is 1. The van der Waals surface area contributed by atoms with Crippen molar-refractivity contribution >= 4 is 11.4 Å². The van der Waals surface area contributed by atoms with E-state index in [1.165, 1.54) is 6.07 Å². The summed E-state index contributed by atoms with van der Waals surface area (Å²) >= 11 is 0. The molecule has 0 saturated heterocycles. The van der Waals surface area contributed by atoms with Crippen LogP contribution in [0.4, 0.5) is 15.8 Å². The Morgan fingerprint density at radius 1 is 1.56 bits per heavy atom. The highest BCUT2D eigenvalue weighted by Gasteiger charge is 2.02. The number of hydrogen-bond donors (Lipinski definition) is 2. The summed E-state index contributed by atoms with van der Waals surface area (Å²) in [6.07, 6.45) is 0. The largest absolute Gasteiger partial charge is 0.395 e. The van der Waals surface area contributed by atoms with Gasteiger partial charge >= 0.3 is 0 Å². The first kappa shape index (κ1) is 12.5. The van der Waals surface area contributed by atoms with Gasteiger partial charge < -0.3 is 15.8 Å². The van der Waals surface area contributed by atoms with Crippen molar-refractivity contribution in [2.45, 2.75) is 6.92 Å². The number of para-hydroxylation sites is 1. The highest BCUT2D eigenvalue weighted by atomic mass is 19.1. The summed E-state index contributed by atoms with van der Waals surface area (Å²) in [5.74, 6) is -0.409. The molecule has 0 bridgehead atoms. The Balaban J connectivity index is 2.32. The number of ether oxygens (including phenoxy) is 1. The minimum absolute atomic E-state index is 0.141. The van der Waals surface area contributed by atoms with Crippen LogP contribution >= 0.6 is 0 Å². The second-order valence-electron chi connectivity index (χ2n) is 3.64. The smallest absolute Gasteiger partial charge is 0.148 e. The summed E-state index contributed by atoms with van der Waals surface area (Å²) in [6.45, 7) is 7.28. The summed E-state index contributed by atoms with van der Waals surface area (Å²) in [7, 11) is 0. The molecule has 3 N–H and O–H groups in total. The van der Waals surface area contributed by atoms with Gasteiger partial charge in [0.1, 0.15) is 5.82 Å². The number of halogens is 1. The Kier molecular flexibility index (Phi) is 4.79. The molecule has 4 heteroatoms. The van der Waals surface area contributed by atoms with Crippen LogP contribution in [-0.4, -0.2) is 19.8 Å². The van der Waals surface area contributed by atoms with Crippen molar-refractivity contribution in [2.75, 3.05) is 30.8 Å². The van der Waals surface area contributed by atoms with Crippen LogP contribution in [0.5, 0.6) is 0 Å². The molecule has 1 aromatic rings. The number of nitrogens with two attached hydrogens (primary N) is 1. The first-order chi connectivity index (χ1) is 7.61. The Hall–Kier alpha value is -1.55. The molecule has 3 nitrogen and oxygen atoms in total. The minimum atomic E-state index is -0.409. The third kappa shape index (κ3) is 3.90. The number of anilines is 2. The number of nitrogens with one attached hydrogen (secondary N) is 1. The molecule has 0 aromatic heterocycles. The molecule has 0 saturated carbocycles. The van der Waals surface area contributed by atoms with Crippen LogP contribution in [0.1, 0.15) is 6.92 Å². The quantitative estimate of drug-likeness (QED) is 0.443. The maximum absolute atomic E-state index is 13.1. The number of nitrogen functional groups attached to an aromatic ring is 1. The lowest BCUT2D eigenvalue weighted by Crippen LogP contribution is -2.11. The maximum atomic E-state index is 13.1. The van der Waals surface area contributed by atoms with Crippen LogP contribution in [0.3, 0.4) is 0 Å². The molecule has 0 radical (unpaired) electrons. The monoisotopic (exact) mass is 224 g/mol. The van der Waals surface area contributed by atoms with Gasteiger partial charge in [-0.2, -0.15) is 0 Å². The van der Waals surface area contributed by atoms with Crippen molar-refractivity contribution < 1.29 is 9.13 Å². The molecule has 0 aliphatic carbocycles. The van der Waals surface area contributed by atoms with Gasteiger partial charge in [0.2, 0.25) is 0 Å². The summed E-state index contributed by atoms with van der Waals surface area (Å²) in [6, 6.07) is 4.68. The summed E-state index contributed by atoms with van der Waals surface area (Å²) in [5.41, 5.74) is 7.27. The van der Waals surface area contributed by atoms with E-state index in [0.717, 1.165) is 5.57 Å². The van der Waals surface area contributed by atoms with Gasteiger partial charge in [-0.05, 0) is 19.1 Å². The van der Waals surface area contributed by atoms with E-state index < -0.39 is 5.82 Å². The van der Waals surface area contributed by atoms with Gasteiger partial charge in [0, 0.05) is 6.54 Å². The standard InChI is InChI=1S/C12H17FN2O/c1-9(2)8-16-7-6-15-11-5-3-4-10(13)12(11)14/h3-5,15H,1,6-8,14H2,2H3. The van der Waals surface area contributed by atoms with Crippen LogP contribution in [0.2, 0.25) is 0 Å². The second kappa shape index (κ2) is 6.12. The van der Waals surface area contributed by atoms with E-state index in [1.54, 1.807) is 12.1 Å². The summed E-state index contributed by atoms with van der Waals surface area (Å²) in [4.78, 5) is 0. The normalized spacial score (nSPS) is 10.1.